The van der Waals surface area contributed by atoms with E-state index in [1.165, 1.54) is 13.2 Å². The summed E-state index contributed by atoms with van der Waals surface area (Å²) in [6.45, 7) is 0. The van der Waals surface area contributed by atoms with E-state index in [4.69, 9.17) is 9.84 Å². The van der Waals surface area contributed by atoms with Crippen molar-refractivity contribution in [3.8, 4) is 17.0 Å². The Labute approximate surface area is 217 Å². The fourth-order valence-electron chi connectivity index (χ4n) is 4.86. The van der Waals surface area contributed by atoms with Crippen LogP contribution in [0.5, 0.6) is 5.75 Å². The molecule has 0 bridgehead atoms. The van der Waals surface area contributed by atoms with Crippen molar-refractivity contribution in [1.82, 2.24) is 24.5 Å². The zero-order chi connectivity index (χ0) is 27.2. The zero-order valence-corrected chi connectivity index (χ0v) is 21.8. The molecule has 1 N–H and O–H groups in total. The Kier molecular flexibility index (Phi) is 6.58. The molecule has 1 aliphatic carbocycles. The second-order valence-corrected chi connectivity index (χ2v) is 11.5. The van der Waals surface area contributed by atoms with Crippen molar-refractivity contribution in [3.05, 3.63) is 48.4 Å². The van der Waals surface area contributed by atoms with E-state index >= 15 is 0 Å². The number of hydrogen-bond acceptors (Lipinski definition) is 7. The topological polar surface area (TPSA) is 104 Å². The molecule has 202 valence electrons. The lowest BCUT2D eigenvalue weighted by Crippen LogP contribution is -2.27. The number of nitrogens with zero attached hydrogens (tertiary/aromatic N) is 5. The molecule has 0 saturated heterocycles. The van der Waals surface area contributed by atoms with Crippen LogP contribution in [0.25, 0.3) is 22.2 Å². The molecule has 1 saturated carbocycles. The number of benzene rings is 1. The quantitative estimate of drug-likeness (QED) is 0.367. The third-order valence-corrected chi connectivity index (χ3v) is 7.88. The first-order valence-electron chi connectivity index (χ1n) is 12.1. The molecule has 5 rings (SSSR count). The molecule has 1 fully saturated rings. The normalized spacial score (nSPS) is 18.6. The second-order valence-electron chi connectivity index (χ2n) is 9.49. The van der Waals surface area contributed by atoms with E-state index in [0.717, 1.165) is 27.4 Å². The Balaban J connectivity index is 1.41. The number of hydrogen-bond donors (Lipinski definition) is 1. The highest BCUT2D eigenvalue weighted by Gasteiger charge is 2.39. The van der Waals surface area contributed by atoms with Crippen molar-refractivity contribution in [2.24, 2.45) is 7.05 Å². The van der Waals surface area contributed by atoms with Crippen LogP contribution < -0.4 is 10.1 Å². The molecule has 1 aromatic carbocycles. The number of anilines is 1. The minimum atomic E-state index is -4.59. The van der Waals surface area contributed by atoms with Gasteiger partial charge in [0, 0.05) is 43.6 Å². The van der Waals surface area contributed by atoms with Gasteiger partial charge in [-0.05, 0) is 37.8 Å². The number of sulfone groups is 1. The Bertz CT molecular complexity index is 1570. The van der Waals surface area contributed by atoms with E-state index in [1.807, 2.05) is 10.7 Å². The average molecular weight is 549 g/mol. The summed E-state index contributed by atoms with van der Waals surface area (Å²) in [4.78, 5) is 4.66. The van der Waals surface area contributed by atoms with E-state index in [0.29, 0.717) is 37.2 Å². The van der Waals surface area contributed by atoms with Crippen molar-refractivity contribution < 1.29 is 26.3 Å². The van der Waals surface area contributed by atoms with Gasteiger partial charge >= 0.3 is 6.18 Å². The van der Waals surface area contributed by atoms with Gasteiger partial charge in [-0.3, -0.25) is 9.36 Å². The van der Waals surface area contributed by atoms with E-state index in [-0.39, 0.29) is 22.8 Å². The lowest BCUT2D eigenvalue weighted by Gasteiger charge is -2.29. The third-order valence-electron chi connectivity index (χ3n) is 6.75. The molecule has 13 heteroatoms. The van der Waals surface area contributed by atoms with Gasteiger partial charge in [-0.2, -0.15) is 23.4 Å². The molecule has 9 nitrogen and oxygen atoms in total. The van der Waals surface area contributed by atoms with E-state index < -0.39 is 21.7 Å². The summed E-state index contributed by atoms with van der Waals surface area (Å²) >= 11 is 0. The summed E-state index contributed by atoms with van der Waals surface area (Å²) in [6.07, 6.45) is 1.63. The van der Waals surface area contributed by atoms with Gasteiger partial charge in [-0.15, -0.1) is 0 Å². The van der Waals surface area contributed by atoms with Crippen LogP contribution in [0.15, 0.2) is 47.6 Å². The lowest BCUT2D eigenvalue weighted by molar-refractivity contribution is -0.143. The van der Waals surface area contributed by atoms with Gasteiger partial charge in [0.15, 0.2) is 15.6 Å². The molecule has 0 unspecified atom stereocenters. The van der Waals surface area contributed by atoms with Crippen LogP contribution in [-0.4, -0.2) is 52.4 Å². The molecule has 0 amide bonds. The van der Waals surface area contributed by atoms with E-state index in [9.17, 15) is 21.6 Å². The van der Waals surface area contributed by atoms with Gasteiger partial charge in [0.25, 0.3) is 0 Å². The molecule has 0 aliphatic heterocycles. The second kappa shape index (κ2) is 9.61. The number of fused-ring (bicyclic) bond motifs is 1. The number of nitrogens with one attached hydrogen (secondary N) is 1. The standard InChI is InChI=1S/C25H27F3N6O3S/c1-29-22-12-20-19(13-30-22)23(15-4-10-18(11-5-15)38(3,35)36)31-34(20)16-6-8-17(9-7-16)37-21-14-33(2)32-24(21)25(26,27)28/h4-5,10-14,16-17H,6-9H2,1-3H3,(H,29,30). The van der Waals surface area contributed by atoms with Gasteiger partial charge in [0.1, 0.15) is 11.5 Å². The summed E-state index contributed by atoms with van der Waals surface area (Å²) in [5.41, 5.74) is 1.29. The Morgan fingerprint density at radius 2 is 1.76 bits per heavy atom. The van der Waals surface area contributed by atoms with Crippen LogP contribution in [0, 0.1) is 0 Å². The SMILES string of the molecule is CNc1cc2c(cn1)c(-c1ccc(S(C)(=O)=O)cc1)nn2C1CCC(Oc2cn(C)nc2C(F)(F)F)CC1. The highest BCUT2D eigenvalue weighted by Crippen LogP contribution is 2.39. The Morgan fingerprint density at radius 1 is 1.08 bits per heavy atom. The van der Waals surface area contributed by atoms with Crippen molar-refractivity contribution >= 4 is 26.6 Å². The summed E-state index contributed by atoms with van der Waals surface area (Å²) < 4.78 is 72.5. The van der Waals surface area contributed by atoms with E-state index in [2.05, 4.69) is 15.4 Å². The van der Waals surface area contributed by atoms with Gasteiger partial charge in [0.2, 0.25) is 5.69 Å². The van der Waals surface area contributed by atoms with Gasteiger partial charge in [0.05, 0.1) is 28.8 Å². The largest absolute Gasteiger partial charge is 0.486 e. The molecule has 0 radical (unpaired) electrons. The van der Waals surface area contributed by atoms with Crippen LogP contribution >= 0.6 is 0 Å². The van der Waals surface area contributed by atoms with Crippen LogP contribution in [0.4, 0.5) is 19.0 Å². The summed E-state index contributed by atoms with van der Waals surface area (Å²) in [7, 11) is -0.122. The average Bonchev–Trinajstić information content (AvgIpc) is 3.44. The Hall–Kier alpha value is -3.61. The monoisotopic (exact) mass is 548 g/mol. The van der Waals surface area contributed by atoms with E-state index in [1.54, 1.807) is 37.5 Å². The molecule has 4 aromatic rings. The number of halogens is 3. The number of alkyl halides is 3. The molecule has 38 heavy (non-hydrogen) atoms. The number of rotatable bonds is 6. The molecular weight excluding hydrogens is 521 g/mol. The first-order chi connectivity index (χ1) is 17.9. The molecular formula is C25H27F3N6O3S. The maximum atomic E-state index is 13.3. The lowest BCUT2D eigenvalue weighted by atomic mass is 9.93. The number of aromatic nitrogens is 5. The predicted octanol–water partition coefficient (Wildman–Crippen LogP) is 4.86. The minimum absolute atomic E-state index is 0.00415. The fourth-order valence-corrected chi connectivity index (χ4v) is 5.49. The maximum absolute atomic E-state index is 13.3. The van der Waals surface area contributed by atoms with Gasteiger partial charge in [-0.1, -0.05) is 12.1 Å². The van der Waals surface area contributed by atoms with Crippen molar-refractivity contribution in [3.63, 3.8) is 0 Å². The van der Waals surface area contributed by atoms with Crippen molar-refractivity contribution in [1.29, 1.82) is 0 Å². The Morgan fingerprint density at radius 3 is 2.37 bits per heavy atom. The summed E-state index contributed by atoms with van der Waals surface area (Å²) in [6, 6.07) is 8.48. The summed E-state index contributed by atoms with van der Waals surface area (Å²) in [5.74, 6) is 0.420. The number of aryl methyl sites for hydroxylation is 1. The highest BCUT2D eigenvalue weighted by atomic mass is 32.2. The van der Waals surface area contributed by atoms with Crippen LogP contribution in [0.1, 0.15) is 37.4 Å². The minimum Gasteiger partial charge on any atom is -0.486 e. The maximum Gasteiger partial charge on any atom is 0.438 e. The van der Waals surface area contributed by atoms with Crippen LogP contribution in [-0.2, 0) is 23.1 Å². The number of ether oxygens (including phenoxy) is 1. The molecule has 3 heterocycles. The number of pyridine rings is 1. The zero-order valence-electron chi connectivity index (χ0n) is 21.0. The van der Waals surface area contributed by atoms with Crippen molar-refractivity contribution in [2.75, 3.05) is 18.6 Å². The third kappa shape index (κ3) is 5.06. The van der Waals surface area contributed by atoms with Crippen LogP contribution in [0.2, 0.25) is 0 Å². The van der Waals surface area contributed by atoms with Gasteiger partial charge < -0.3 is 10.1 Å². The molecule has 1 aliphatic rings. The predicted molar refractivity (Wildman–Crippen MR) is 136 cm³/mol. The molecule has 3 aromatic heterocycles. The fraction of sp³-hybridized carbons (Fsp3) is 0.400. The smallest absolute Gasteiger partial charge is 0.438 e. The summed E-state index contributed by atoms with van der Waals surface area (Å²) in [5, 5.41) is 12.3. The highest BCUT2D eigenvalue weighted by molar-refractivity contribution is 7.90. The van der Waals surface area contributed by atoms with Crippen LogP contribution in [0.3, 0.4) is 0 Å². The first-order valence-corrected chi connectivity index (χ1v) is 14.0. The van der Waals surface area contributed by atoms with Crippen molar-refractivity contribution in [2.45, 2.75) is 48.9 Å². The first kappa shape index (κ1) is 26.0. The molecule has 0 atom stereocenters. The van der Waals surface area contributed by atoms with Gasteiger partial charge in [-0.25, -0.2) is 13.4 Å². The molecule has 0 spiro atoms.